The van der Waals surface area contributed by atoms with Crippen molar-refractivity contribution in [1.82, 2.24) is 5.32 Å². The quantitative estimate of drug-likeness (QED) is 0.233. The Bertz CT molecular complexity index is 1140. The van der Waals surface area contributed by atoms with Gasteiger partial charge in [-0.15, -0.1) is 0 Å². The zero-order valence-corrected chi connectivity index (χ0v) is 18.1. The highest BCUT2D eigenvalue weighted by atomic mass is 16.6. The van der Waals surface area contributed by atoms with Gasteiger partial charge in [0, 0.05) is 23.3 Å². The number of nitro benzene ring substituents is 1. The topological polar surface area (TPSA) is 90.7 Å². The average Bonchev–Trinajstić information content (AvgIpc) is 2.82. The largest absolute Gasteiger partial charge is 0.497 e. The van der Waals surface area contributed by atoms with Gasteiger partial charge >= 0.3 is 0 Å². The monoisotopic (exact) mass is 432 g/mol. The second-order valence-electron chi connectivity index (χ2n) is 7.08. The predicted octanol–water partition coefficient (Wildman–Crippen LogP) is 5.03. The molecule has 0 heterocycles. The lowest BCUT2D eigenvalue weighted by atomic mass is 10.0. The lowest BCUT2D eigenvalue weighted by Gasteiger charge is -2.19. The first-order valence-electron chi connectivity index (χ1n) is 9.97. The fraction of sp³-hybridized carbons (Fsp3) is 0.160. The highest BCUT2D eigenvalue weighted by Gasteiger charge is 2.19. The standard InChI is InChI=1S/C25H24N2O5/c1-17(22-16-21(31-2)12-13-24(22)32-3)26-25(28)23(19-9-5-4-6-10-19)15-18-8-7-11-20(14-18)27(29)30/h4-17H,1-3H3,(H,26,28)/b23-15+. The van der Waals surface area contributed by atoms with Gasteiger partial charge < -0.3 is 14.8 Å². The van der Waals surface area contributed by atoms with Gasteiger partial charge in [-0.1, -0.05) is 42.5 Å². The molecule has 3 rings (SSSR count). The highest BCUT2D eigenvalue weighted by Crippen LogP contribution is 2.30. The molecule has 1 amide bonds. The van der Waals surface area contributed by atoms with Gasteiger partial charge in [-0.05, 0) is 42.3 Å². The van der Waals surface area contributed by atoms with Crippen molar-refractivity contribution >= 4 is 23.2 Å². The summed E-state index contributed by atoms with van der Waals surface area (Å²) in [5.74, 6) is 0.958. The fourth-order valence-electron chi connectivity index (χ4n) is 3.32. The van der Waals surface area contributed by atoms with E-state index < -0.39 is 4.92 Å². The lowest BCUT2D eigenvalue weighted by Crippen LogP contribution is -2.27. The Morgan fingerprint density at radius 2 is 1.75 bits per heavy atom. The molecule has 0 bridgehead atoms. The Kier molecular flexibility index (Phi) is 7.23. The second-order valence-corrected chi connectivity index (χ2v) is 7.08. The van der Waals surface area contributed by atoms with Crippen LogP contribution in [-0.4, -0.2) is 25.1 Å². The molecule has 1 unspecified atom stereocenters. The number of benzene rings is 3. The third kappa shape index (κ3) is 5.31. The van der Waals surface area contributed by atoms with Crippen LogP contribution in [0.2, 0.25) is 0 Å². The first-order chi connectivity index (χ1) is 15.4. The van der Waals surface area contributed by atoms with Crippen molar-refractivity contribution in [2.24, 2.45) is 0 Å². The van der Waals surface area contributed by atoms with Gasteiger partial charge in [-0.3, -0.25) is 14.9 Å². The number of rotatable bonds is 8. The highest BCUT2D eigenvalue weighted by molar-refractivity contribution is 6.24. The molecule has 32 heavy (non-hydrogen) atoms. The first-order valence-corrected chi connectivity index (χ1v) is 9.97. The van der Waals surface area contributed by atoms with Crippen LogP contribution in [0.1, 0.15) is 29.7 Å². The minimum atomic E-state index is -0.462. The Morgan fingerprint density at radius 3 is 2.41 bits per heavy atom. The number of hydrogen-bond acceptors (Lipinski definition) is 5. The van der Waals surface area contributed by atoms with E-state index in [4.69, 9.17) is 9.47 Å². The number of methoxy groups -OCH3 is 2. The molecule has 0 aliphatic heterocycles. The number of non-ortho nitro benzene ring substituents is 1. The average molecular weight is 432 g/mol. The summed E-state index contributed by atoms with van der Waals surface area (Å²) < 4.78 is 10.7. The normalized spacial score (nSPS) is 12.0. The number of carbonyl (C=O) groups excluding carboxylic acids is 1. The number of ether oxygens (including phenoxy) is 2. The second kappa shape index (κ2) is 10.3. The number of nitro groups is 1. The lowest BCUT2D eigenvalue weighted by molar-refractivity contribution is -0.384. The molecule has 0 fully saturated rings. The van der Waals surface area contributed by atoms with Crippen molar-refractivity contribution in [3.05, 3.63) is 99.6 Å². The van der Waals surface area contributed by atoms with Crippen molar-refractivity contribution in [3.63, 3.8) is 0 Å². The van der Waals surface area contributed by atoms with Crippen LogP contribution < -0.4 is 14.8 Å². The summed E-state index contributed by atoms with van der Waals surface area (Å²) in [5, 5.41) is 14.1. The van der Waals surface area contributed by atoms with E-state index in [-0.39, 0.29) is 17.6 Å². The molecular weight excluding hydrogens is 408 g/mol. The van der Waals surface area contributed by atoms with E-state index in [0.29, 0.717) is 28.2 Å². The maximum absolute atomic E-state index is 13.3. The minimum absolute atomic E-state index is 0.0407. The van der Waals surface area contributed by atoms with Gasteiger partial charge in [0.2, 0.25) is 0 Å². The fourth-order valence-corrected chi connectivity index (χ4v) is 3.32. The number of hydrogen-bond donors (Lipinski definition) is 1. The maximum atomic E-state index is 13.3. The summed E-state index contributed by atoms with van der Waals surface area (Å²) in [5.41, 5.74) is 2.37. The van der Waals surface area contributed by atoms with Crippen LogP contribution in [0.15, 0.2) is 72.8 Å². The molecule has 0 spiro atoms. The molecule has 0 saturated carbocycles. The number of carbonyl (C=O) groups is 1. The molecule has 0 saturated heterocycles. The van der Waals surface area contributed by atoms with E-state index in [1.807, 2.05) is 43.3 Å². The molecule has 164 valence electrons. The molecule has 3 aromatic rings. The van der Waals surface area contributed by atoms with Gasteiger partial charge in [0.25, 0.3) is 11.6 Å². The number of nitrogens with one attached hydrogen (secondary N) is 1. The van der Waals surface area contributed by atoms with E-state index in [0.717, 1.165) is 5.56 Å². The van der Waals surface area contributed by atoms with E-state index >= 15 is 0 Å². The van der Waals surface area contributed by atoms with E-state index in [2.05, 4.69) is 5.32 Å². The number of nitrogens with zero attached hydrogens (tertiary/aromatic N) is 1. The smallest absolute Gasteiger partial charge is 0.270 e. The molecule has 0 radical (unpaired) electrons. The van der Waals surface area contributed by atoms with E-state index in [9.17, 15) is 14.9 Å². The minimum Gasteiger partial charge on any atom is -0.497 e. The predicted molar refractivity (Wildman–Crippen MR) is 124 cm³/mol. The Morgan fingerprint density at radius 1 is 1.00 bits per heavy atom. The third-order valence-electron chi connectivity index (χ3n) is 4.97. The van der Waals surface area contributed by atoms with Crippen LogP contribution in [0, 0.1) is 10.1 Å². The molecule has 7 nitrogen and oxygen atoms in total. The molecular formula is C25H24N2O5. The van der Waals surface area contributed by atoms with E-state index in [1.54, 1.807) is 44.6 Å². The summed E-state index contributed by atoms with van der Waals surface area (Å²) in [4.78, 5) is 24.0. The van der Waals surface area contributed by atoms with Gasteiger partial charge in [0.15, 0.2) is 0 Å². The van der Waals surface area contributed by atoms with Crippen molar-refractivity contribution in [2.45, 2.75) is 13.0 Å². The maximum Gasteiger partial charge on any atom is 0.270 e. The number of amides is 1. The first kappa shape index (κ1) is 22.6. The summed E-state index contributed by atoms with van der Waals surface area (Å²) in [6.07, 6.45) is 1.65. The van der Waals surface area contributed by atoms with Crippen LogP contribution >= 0.6 is 0 Å². The van der Waals surface area contributed by atoms with Crippen molar-refractivity contribution < 1.29 is 19.2 Å². The van der Waals surface area contributed by atoms with Gasteiger partial charge in [-0.2, -0.15) is 0 Å². The molecule has 0 aliphatic carbocycles. The summed E-state index contributed by atoms with van der Waals surface area (Å²) in [7, 11) is 3.14. The summed E-state index contributed by atoms with van der Waals surface area (Å²) in [6.45, 7) is 1.85. The summed E-state index contributed by atoms with van der Waals surface area (Å²) >= 11 is 0. The van der Waals surface area contributed by atoms with Gasteiger partial charge in [-0.25, -0.2) is 0 Å². The van der Waals surface area contributed by atoms with Gasteiger partial charge in [0.05, 0.1) is 25.2 Å². The molecule has 0 aliphatic rings. The Balaban J connectivity index is 1.97. The zero-order valence-electron chi connectivity index (χ0n) is 18.1. The zero-order chi connectivity index (χ0) is 23.1. The van der Waals surface area contributed by atoms with Gasteiger partial charge in [0.1, 0.15) is 11.5 Å². The van der Waals surface area contributed by atoms with E-state index in [1.165, 1.54) is 12.1 Å². The van der Waals surface area contributed by atoms with Crippen LogP contribution in [0.25, 0.3) is 11.6 Å². The summed E-state index contributed by atoms with van der Waals surface area (Å²) in [6, 6.07) is 20.3. The SMILES string of the molecule is COc1ccc(OC)c(C(C)NC(=O)/C(=C/c2cccc([N+](=O)[O-])c2)c2ccccc2)c1. The molecule has 1 N–H and O–H groups in total. The molecule has 0 aromatic heterocycles. The molecule has 1 atom stereocenters. The van der Waals surface area contributed by atoms with Crippen molar-refractivity contribution in [2.75, 3.05) is 14.2 Å². The van der Waals surface area contributed by atoms with Crippen LogP contribution in [0.4, 0.5) is 5.69 Å². The Hall–Kier alpha value is -4.13. The molecule has 7 heteroatoms. The van der Waals surface area contributed by atoms with Crippen LogP contribution in [0.3, 0.4) is 0 Å². The van der Waals surface area contributed by atoms with Crippen LogP contribution in [0.5, 0.6) is 11.5 Å². The molecule has 3 aromatic carbocycles. The Labute approximate surface area is 186 Å². The van der Waals surface area contributed by atoms with Crippen molar-refractivity contribution in [3.8, 4) is 11.5 Å². The van der Waals surface area contributed by atoms with Crippen LogP contribution in [-0.2, 0) is 4.79 Å². The third-order valence-corrected chi connectivity index (χ3v) is 4.97. The van der Waals surface area contributed by atoms with Crippen molar-refractivity contribution in [1.29, 1.82) is 0 Å².